The molecular weight excluding hydrogens is 518 g/mol. The van der Waals surface area contributed by atoms with Crippen molar-refractivity contribution in [3.63, 3.8) is 0 Å². The summed E-state index contributed by atoms with van der Waals surface area (Å²) in [4.78, 5) is 12.7. The number of aromatic nitrogens is 3. The Hall–Kier alpha value is -4.64. The standard InChI is InChI=1S/C28H29N5O5S/c1-5-22(18-11-13-21(34)14-12-18)29-30-25(35)17-39-28-32-31-27(33(28)20-9-7-6-8-10-20)19-15-23(36-2)26(38-4)24(16-19)37-3/h5-16,29,34H,17H2,1-4H3,(H,30,35)/b22-5+. The molecule has 0 saturated carbocycles. The van der Waals surface area contributed by atoms with E-state index in [1.54, 1.807) is 57.7 Å². The molecule has 0 aliphatic heterocycles. The topological polar surface area (TPSA) is 120 Å². The van der Waals surface area contributed by atoms with Gasteiger partial charge >= 0.3 is 0 Å². The van der Waals surface area contributed by atoms with Gasteiger partial charge in [0.2, 0.25) is 11.7 Å². The SMILES string of the molecule is C/C=C(/NNC(=O)CSc1nnc(-c2cc(OC)c(OC)c(OC)c2)n1-c1ccccc1)c1ccc(O)cc1. The smallest absolute Gasteiger partial charge is 0.248 e. The summed E-state index contributed by atoms with van der Waals surface area (Å²) in [5, 5.41) is 18.9. The highest BCUT2D eigenvalue weighted by Crippen LogP contribution is 2.41. The van der Waals surface area contributed by atoms with Gasteiger partial charge in [-0.25, -0.2) is 0 Å². The van der Waals surface area contributed by atoms with Crippen LogP contribution in [0, 0.1) is 0 Å². The van der Waals surface area contributed by atoms with Gasteiger partial charge in [-0.05, 0) is 61.0 Å². The predicted molar refractivity (Wildman–Crippen MR) is 150 cm³/mol. The zero-order valence-electron chi connectivity index (χ0n) is 22.0. The minimum Gasteiger partial charge on any atom is -0.508 e. The lowest BCUT2D eigenvalue weighted by Gasteiger charge is -2.15. The van der Waals surface area contributed by atoms with Crippen LogP contribution in [0.3, 0.4) is 0 Å². The van der Waals surface area contributed by atoms with Gasteiger partial charge in [0, 0.05) is 11.3 Å². The van der Waals surface area contributed by atoms with Crippen molar-refractivity contribution in [3.8, 4) is 40.1 Å². The van der Waals surface area contributed by atoms with Crippen LogP contribution in [-0.4, -0.2) is 52.9 Å². The van der Waals surface area contributed by atoms with E-state index in [9.17, 15) is 9.90 Å². The molecule has 0 fully saturated rings. The normalized spacial score (nSPS) is 11.1. The van der Waals surface area contributed by atoms with Gasteiger partial charge in [0.05, 0.1) is 32.8 Å². The molecule has 4 aromatic rings. The van der Waals surface area contributed by atoms with Crippen LogP contribution >= 0.6 is 11.8 Å². The molecule has 0 unspecified atom stereocenters. The van der Waals surface area contributed by atoms with Crippen molar-refractivity contribution in [2.24, 2.45) is 0 Å². The monoisotopic (exact) mass is 547 g/mol. The molecule has 0 atom stereocenters. The Kier molecular flexibility index (Phi) is 8.95. The number of hydrogen-bond donors (Lipinski definition) is 3. The number of carbonyl (C=O) groups excluding carboxylic acids is 1. The number of nitrogens with one attached hydrogen (secondary N) is 2. The van der Waals surface area contributed by atoms with Crippen molar-refractivity contribution in [1.82, 2.24) is 25.6 Å². The maximum absolute atomic E-state index is 12.7. The minimum atomic E-state index is -0.255. The number of methoxy groups -OCH3 is 3. The molecule has 39 heavy (non-hydrogen) atoms. The first kappa shape index (κ1) is 27.4. The second-order valence-electron chi connectivity index (χ2n) is 8.10. The summed E-state index contributed by atoms with van der Waals surface area (Å²) in [6.07, 6.45) is 1.83. The van der Waals surface area contributed by atoms with Crippen LogP contribution in [0.4, 0.5) is 0 Å². The highest BCUT2D eigenvalue weighted by atomic mass is 32.2. The van der Waals surface area contributed by atoms with Crippen molar-refractivity contribution in [2.45, 2.75) is 12.1 Å². The number of allylic oxidation sites excluding steroid dienone is 1. The number of phenolic OH excluding ortho intramolecular Hbond substituents is 1. The van der Waals surface area contributed by atoms with Crippen molar-refractivity contribution < 1.29 is 24.1 Å². The van der Waals surface area contributed by atoms with Gasteiger partial charge in [0.25, 0.3) is 0 Å². The van der Waals surface area contributed by atoms with Crippen LogP contribution in [0.15, 0.2) is 78.0 Å². The minimum absolute atomic E-state index is 0.0831. The number of nitrogens with zero attached hydrogens (tertiary/aromatic N) is 3. The number of thioether (sulfide) groups is 1. The number of phenols is 1. The first-order valence-electron chi connectivity index (χ1n) is 11.9. The molecule has 1 amide bonds. The van der Waals surface area contributed by atoms with Crippen molar-refractivity contribution in [1.29, 1.82) is 0 Å². The molecule has 4 rings (SSSR count). The number of hydrogen-bond acceptors (Lipinski definition) is 9. The van der Waals surface area contributed by atoms with Gasteiger partial charge in [-0.3, -0.25) is 20.2 Å². The molecule has 11 heteroatoms. The van der Waals surface area contributed by atoms with Gasteiger partial charge in [-0.2, -0.15) is 0 Å². The molecule has 10 nitrogen and oxygen atoms in total. The molecular formula is C28H29N5O5S. The fourth-order valence-electron chi connectivity index (χ4n) is 3.83. The molecule has 0 spiro atoms. The third-order valence-electron chi connectivity index (χ3n) is 5.71. The third-order valence-corrected chi connectivity index (χ3v) is 6.64. The molecule has 0 aliphatic rings. The van der Waals surface area contributed by atoms with E-state index in [2.05, 4.69) is 21.0 Å². The van der Waals surface area contributed by atoms with Gasteiger partial charge in [0.15, 0.2) is 22.5 Å². The van der Waals surface area contributed by atoms with Crippen molar-refractivity contribution in [3.05, 3.63) is 78.4 Å². The Bertz CT molecular complexity index is 1430. The first-order valence-corrected chi connectivity index (χ1v) is 12.9. The number of amides is 1. The van der Waals surface area contributed by atoms with Crippen LogP contribution < -0.4 is 25.1 Å². The highest BCUT2D eigenvalue weighted by Gasteiger charge is 2.21. The molecule has 202 valence electrons. The molecule has 0 saturated heterocycles. The number of para-hydroxylation sites is 1. The quantitative estimate of drug-likeness (QED) is 0.185. The maximum atomic E-state index is 12.7. The summed E-state index contributed by atoms with van der Waals surface area (Å²) in [6, 6.07) is 19.9. The van der Waals surface area contributed by atoms with Gasteiger partial charge < -0.3 is 19.3 Å². The lowest BCUT2D eigenvalue weighted by Crippen LogP contribution is -2.37. The second kappa shape index (κ2) is 12.7. The average Bonchev–Trinajstić information content (AvgIpc) is 3.40. The zero-order valence-corrected chi connectivity index (χ0v) is 22.8. The van der Waals surface area contributed by atoms with Crippen LogP contribution in [0.2, 0.25) is 0 Å². The van der Waals surface area contributed by atoms with E-state index in [-0.39, 0.29) is 17.4 Å². The number of rotatable bonds is 11. The van der Waals surface area contributed by atoms with E-state index in [1.807, 2.05) is 47.9 Å². The second-order valence-corrected chi connectivity index (χ2v) is 9.04. The fourth-order valence-corrected chi connectivity index (χ4v) is 4.58. The number of ether oxygens (including phenoxy) is 3. The number of benzene rings is 3. The van der Waals surface area contributed by atoms with Crippen molar-refractivity contribution in [2.75, 3.05) is 27.1 Å². The molecule has 0 aliphatic carbocycles. The van der Waals surface area contributed by atoms with E-state index in [4.69, 9.17) is 14.2 Å². The zero-order chi connectivity index (χ0) is 27.8. The number of hydrazine groups is 1. The molecule has 0 bridgehead atoms. The van der Waals surface area contributed by atoms with E-state index in [0.29, 0.717) is 39.5 Å². The summed E-state index contributed by atoms with van der Waals surface area (Å²) in [6.45, 7) is 1.85. The Morgan fingerprint density at radius 3 is 2.21 bits per heavy atom. The largest absolute Gasteiger partial charge is 0.508 e. The molecule has 0 radical (unpaired) electrons. The van der Waals surface area contributed by atoms with Crippen LogP contribution in [0.5, 0.6) is 23.0 Å². The molecule has 3 N–H and O–H groups in total. The summed E-state index contributed by atoms with van der Waals surface area (Å²) >= 11 is 1.25. The van der Waals surface area contributed by atoms with Crippen LogP contribution in [0.1, 0.15) is 12.5 Å². The van der Waals surface area contributed by atoms with E-state index < -0.39 is 0 Å². The Morgan fingerprint density at radius 2 is 1.62 bits per heavy atom. The lowest BCUT2D eigenvalue weighted by atomic mass is 10.1. The number of carbonyl (C=O) groups is 1. The Morgan fingerprint density at radius 1 is 0.949 bits per heavy atom. The summed E-state index contributed by atoms with van der Waals surface area (Å²) in [5.41, 5.74) is 8.70. The average molecular weight is 548 g/mol. The maximum Gasteiger partial charge on any atom is 0.248 e. The predicted octanol–water partition coefficient (Wildman–Crippen LogP) is 4.44. The summed E-state index contributed by atoms with van der Waals surface area (Å²) < 4.78 is 18.4. The van der Waals surface area contributed by atoms with Gasteiger partial charge in [-0.1, -0.05) is 36.0 Å². The van der Waals surface area contributed by atoms with E-state index in [1.165, 1.54) is 11.8 Å². The van der Waals surface area contributed by atoms with Crippen LogP contribution in [-0.2, 0) is 4.79 Å². The van der Waals surface area contributed by atoms with Gasteiger partial charge in [-0.15, -0.1) is 10.2 Å². The molecule has 3 aromatic carbocycles. The molecule has 1 aromatic heterocycles. The Balaban J connectivity index is 1.57. The lowest BCUT2D eigenvalue weighted by molar-refractivity contribution is -0.119. The number of aromatic hydroxyl groups is 1. The van der Waals surface area contributed by atoms with E-state index >= 15 is 0 Å². The van der Waals surface area contributed by atoms with Crippen molar-refractivity contribution >= 4 is 23.4 Å². The summed E-state index contributed by atoms with van der Waals surface area (Å²) in [7, 11) is 4.65. The van der Waals surface area contributed by atoms with Crippen LogP contribution in [0.25, 0.3) is 22.8 Å². The van der Waals surface area contributed by atoms with Gasteiger partial charge in [0.1, 0.15) is 5.75 Å². The summed E-state index contributed by atoms with van der Waals surface area (Å²) in [5.74, 6) is 1.99. The Labute approximate surface area is 230 Å². The molecule has 1 heterocycles. The highest BCUT2D eigenvalue weighted by molar-refractivity contribution is 7.99. The van der Waals surface area contributed by atoms with E-state index in [0.717, 1.165) is 11.3 Å². The third kappa shape index (κ3) is 6.27. The first-order chi connectivity index (χ1) is 19.0. The fraction of sp³-hybridized carbons (Fsp3) is 0.179.